The van der Waals surface area contributed by atoms with Gasteiger partial charge in [-0.25, -0.2) is 4.39 Å². The molecule has 3 saturated carbocycles. The van der Waals surface area contributed by atoms with Crippen LogP contribution in [0.15, 0.2) is 11.6 Å². The number of aliphatic hydroxyl groups is 1. The standard InChI is InChI=1S/C19H27FO2/c1-18-7-5-12(21)9-11(18)3-4-13-14(18)6-8-19(2)15(13)10-16(20)17(19)22/h9,13-17,22H,3-8,10H2,1-2H3/t13-,14+,15+,16+,17+,18+,19+/m1/s1/i20-1. The van der Waals surface area contributed by atoms with E-state index in [0.717, 1.165) is 32.1 Å². The van der Waals surface area contributed by atoms with Crippen LogP contribution in [-0.4, -0.2) is 23.2 Å². The summed E-state index contributed by atoms with van der Waals surface area (Å²) in [6.45, 7) is 4.44. The zero-order valence-electron chi connectivity index (χ0n) is 13.6. The van der Waals surface area contributed by atoms with Crippen LogP contribution in [0.5, 0.6) is 0 Å². The number of ketones is 1. The number of halogens is 1. The van der Waals surface area contributed by atoms with E-state index in [9.17, 15) is 14.3 Å². The van der Waals surface area contributed by atoms with Gasteiger partial charge in [-0.05, 0) is 73.2 Å². The van der Waals surface area contributed by atoms with Crippen LogP contribution in [-0.2, 0) is 4.79 Å². The van der Waals surface area contributed by atoms with Gasteiger partial charge in [-0.2, -0.15) is 0 Å². The molecule has 0 aromatic heterocycles. The zero-order chi connectivity index (χ0) is 15.7. The predicted molar refractivity (Wildman–Crippen MR) is 83.0 cm³/mol. The molecule has 2 nitrogen and oxygen atoms in total. The fourth-order valence-corrected chi connectivity index (χ4v) is 6.50. The van der Waals surface area contributed by atoms with E-state index < -0.39 is 12.3 Å². The van der Waals surface area contributed by atoms with Gasteiger partial charge in [0.05, 0.1) is 6.10 Å². The summed E-state index contributed by atoms with van der Waals surface area (Å²) < 4.78 is 14.2. The number of rotatable bonds is 0. The van der Waals surface area contributed by atoms with Gasteiger partial charge in [0.15, 0.2) is 5.78 Å². The Labute approximate surface area is 132 Å². The highest BCUT2D eigenvalue weighted by atomic mass is 18.2. The Hall–Kier alpha value is -0.700. The lowest BCUT2D eigenvalue weighted by Crippen LogP contribution is -2.51. The van der Waals surface area contributed by atoms with Gasteiger partial charge >= 0.3 is 0 Å². The highest BCUT2D eigenvalue weighted by Crippen LogP contribution is 2.65. The molecule has 3 fully saturated rings. The Bertz CT molecular complexity index is 542. The van der Waals surface area contributed by atoms with Crippen molar-refractivity contribution in [2.75, 3.05) is 0 Å². The summed E-state index contributed by atoms with van der Waals surface area (Å²) >= 11 is 0. The maximum Gasteiger partial charge on any atom is 0.155 e. The molecule has 0 aromatic carbocycles. The third-order valence-electron chi connectivity index (χ3n) is 7.90. The molecule has 0 bridgehead atoms. The van der Waals surface area contributed by atoms with Gasteiger partial charge in [-0.1, -0.05) is 19.4 Å². The first-order valence-electron chi connectivity index (χ1n) is 8.92. The van der Waals surface area contributed by atoms with Crippen LogP contribution in [0.4, 0.5) is 4.39 Å². The van der Waals surface area contributed by atoms with Gasteiger partial charge in [0.2, 0.25) is 0 Å². The Balaban J connectivity index is 1.69. The summed E-state index contributed by atoms with van der Waals surface area (Å²) in [6, 6.07) is 0. The second-order valence-electron chi connectivity index (χ2n) is 8.71. The van der Waals surface area contributed by atoms with Crippen molar-refractivity contribution in [3.05, 3.63) is 11.6 Å². The van der Waals surface area contributed by atoms with Crippen LogP contribution < -0.4 is 0 Å². The molecule has 0 radical (unpaired) electrons. The number of alkyl halides is 1. The van der Waals surface area contributed by atoms with Crippen molar-refractivity contribution >= 4 is 5.78 Å². The summed E-state index contributed by atoms with van der Waals surface area (Å²) in [4.78, 5) is 11.8. The zero-order valence-corrected chi connectivity index (χ0v) is 13.6. The molecule has 0 spiro atoms. The molecule has 4 rings (SSSR count). The van der Waals surface area contributed by atoms with Gasteiger partial charge in [-0.3, -0.25) is 4.79 Å². The largest absolute Gasteiger partial charge is 0.390 e. The molecule has 0 aliphatic heterocycles. The predicted octanol–water partition coefficient (Wildman–Crippen LogP) is 3.83. The molecular formula is C19H27FO2. The number of hydrogen-bond acceptors (Lipinski definition) is 2. The highest BCUT2D eigenvalue weighted by molar-refractivity contribution is 5.91. The first-order valence-corrected chi connectivity index (χ1v) is 8.92. The van der Waals surface area contributed by atoms with Gasteiger partial charge in [0, 0.05) is 6.42 Å². The topological polar surface area (TPSA) is 37.3 Å². The Kier molecular flexibility index (Phi) is 3.15. The molecule has 0 unspecified atom stereocenters. The van der Waals surface area contributed by atoms with E-state index in [-0.39, 0.29) is 16.6 Å². The maximum absolute atomic E-state index is 14.2. The van der Waals surface area contributed by atoms with Crippen LogP contribution in [0.2, 0.25) is 0 Å². The molecule has 22 heavy (non-hydrogen) atoms. The van der Waals surface area contributed by atoms with Crippen LogP contribution >= 0.6 is 0 Å². The summed E-state index contributed by atoms with van der Waals surface area (Å²) in [7, 11) is 0. The van der Waals surface area contributed by atoms with Crippen LogP contribution in [0.1, 0.15) is 58.8 Å². The maximum atomic E-state index is 14.2. The van der Waals surface area contributed by atoms with Gasteiger partial charge in [0.1, 0.15) is 6.17 Å². The SMILES string of the molecule is C[C@]12CC[C@H]3[C@@H](CCC4=CC(=O)CC[C@@]43C)[C@@H]1C[C@H]([18F])[C@@H]2O. The Morgan fingerprint density at radius 1 is 1.18 bits per heavy atom. The van der Waals surface area contributed by atoms with E-state index in [2.05, 4.69) is 13.8 Å². The van der Waals surface area contributed by atoms with E-state index in [1.54, 1.807) is 0 Å². The summed E-state index contributed by atoms with van der Waals surface area (Å²) in [5, 5.41) is 10.3. The number of allylic oxidation sites excluding steroid dienone is 1. The first-order chi connectivity index (χ1) is 10.4. The average Bonchev–Trinajstić information content (AvgIpc) is 2.72. The highest BCUT2D eigenvalue weighted by Gasteiger charge is 2.61. The second-order valence-corrected chi connectivity index (χ2v) is 8.71. The number of carbonyl (C=O) groups excluding carboxylic acids is 1. The third-order valence-corrected chi connectivity index (χ3v) is 7.90. The molecule has 4 aliphatic rings. The smallest absolute Gasteiger partial charge is 0.155 e. The lowest BCUT2D eigenvalue weighted by Gasteiger charge is -2.57. The van der Waals surface area contributed by atoms with Crippen molar-refractivity contribution in [3.8, 4) is 0 Å². The van der Waals surface area contributed by atoms with Crippen molar-refractivity contribution in [3.63, 3.8) is 0 Å². The summed E-state index contributed by atoms with van der Waals surface area (Å²) in [5.74, 6) is 1.68. The molecule has 4 aliphatic carbocycles. The average molecular weight is 305 g/mol. The minimum atomic E-state index is -1.05. The number of hydrogen-bond donors (Lipinski definition) is 1. The van der Waals surface area contributed by atoms with E-state index >= 15 is 0 Å². The number of fused-ring (bicyclic) bond motifs is 5. The molecule has 7 atom stereocenters. The van der Waals surface area contributed by atoms with Crippen molar-refractivity contribution in [2.45, 2.75) is 71.1 Å². The Morgan fingerprint density at radius 3 is 2.73 bits per heavy atom. The summed E-state index contributed by atoms with van der Waals surface area (Å²) in [6.07, 6.45) is 6.30. The molecule has 0 amide bonds. The van der Waals surface area contributed by atoms with Crippen molar-refractivity contribution in [2.24, 2.45) is 28.6 Å². The van der Waals surface area contributed by atoms with E-state index in [1.807, 2.05) is 6.08 Å². The van der Waals surface area contributed by atoms with Gasteiger partial charge < -0.3 is 5.11 Å². The van der Waals surface area contributed by atoms with E-state index in [1.165, 1.54) is 5.57 Å². The summed E-state index contributed by atoms with van der Waals surface area (Å²) in [5.41, 5.74) is 1.25. The first kappa shape index (κ1) is 14.9. The van der Waals surface area contributed by atoms with E-state index in [4.69, 9.17) is 0 Å². The minimum Gasteiger partial charge on any atom is -0.390 e. The normalized spacial score (nSPS) is 54.3. The van der Waals surface area contributed by atoms with Gasteiger partial charge in [0.25, 0.3) is 0 Å². The van der Waals surface area contributed by atoms with Crippen LogP contribution in [0.3, 0.4) is 0 Å². The minimum absolute atomic E-state index is 0.136. The van der Waals surface area contributed by atoms with Crippen LogP contribution in [0, 0.1) is 28.6 Å². The molecule has 0 saturated heterocycles. The monoisotopic (exact) mass is 305 g/mol. The fourth-order valence-electron chi connectivity index (χ4n) is 6.50. The van der Waals surface area contributed by atoms with Gasteiger partial charge in [-0.15, -0.1) is 0 Å². The van der Waals surface area contributed by atoms with E-state index in [0.29, 0.717) is 30.6 Å². The molecule has 0 aromatic rings. The van der Waals surface area contributed by atoms with Crippen molar-refractivity contribution in [1.82, 2.24) is 0 Å². The molecule has 3 heteroatoms. The van der Waals surface area contributed by atoms with Crippen molar-refractivity contribution < 1.29 is 14.3 Å². The van der Waals surface area contributed by atoms with Crippen molar-refractivity contribution in [1.29, 1.82) is 0 Å². The quantitative estimate of drug-likeness (QED) is 0.738. The fraction of sp³-hybridized carbons (Fsp3) is 0.842. The second kappa shape index (κ2) is 4.66. The van der Waals surface area contributed by atoms with Crippen LogP contribution in [0.25, 0.3) is 0 Å². The Morgan fingerprint density at radius 2 is 1.95 bits per heavy atom. The number of aliphatic hydroxyl groups excluding tert-OH is 1. The lowest BCUT2D eigenvalue weighted by atomic mass is 9.47. The third kappa shape index (κ3) is 1.78. The number of carbonyl (C=O) groups is 1. The molecular weight excluding hydrogens is 278 g/mol. The molecule has 122 valence electrons. The molecule has 0 heterocycles. The molecule has 1 N–H and O–H groups in total. The lowest BCUT2D eigenvalue weighted by molar-refractivity contribution is -0.118.